The lowest BCUT2D eigenvalue weighted by atomic mass is 10.0. The van der Waals surface area contributed by atoms with Crippen LogP contribution in [0, 0.1) is 0 Å². The highest BCUT2D eigenvalue weighted by atomic mass is 16.1. The number of aromatic nitrogens is 1. The van der Waals surface area contributed by atoms with Crippen LogP contribution in [0.5, 0.6) is 0 Å². The fraction of sp³-hybridized carbons (Fsp3) is 0.500. The van der Waals surface area contributed by atoms with E-state index in [9.17, 15) is 4.79 Å². The molecule has 1 aromatic heterocycles. The number of pyridine rings is 1. The highest BCUT2D eigenvalue weighted by Gasteiger charge is 2.09. The van der Waals surface area contributed by atoms with Gasteiger partial charge in [0.15, 0.2) is 5.78 Å². The molecular weight excluding hydrogens is 174 g/mol. The quantitative estimate of drug-likeness (QED) is 0.670. The summed E-state index contributed by atoms with van der Waals surface area (Å²) in [6.07, 6.45) is 7.02. The minimum Gasteiger partial charge on any atom is -0.294 e. The molecule has 0 aromatic carbocycles. The molecule has 1 heterocycles. The van der Waals surface area contributed by atoms with Gasteiger partial charge in [-0.25, -0.2) is 0 Å². The Balaban J connectivity index is 2.88. The second kappa shape index (κ2) is 5.53. The topological polar surface area (TPSA) is 30.0 Å². The van der Waals surface area contributed by atoms with E-state index in [1.807, 2.05) is 13.0 Å². The smallest absolute Gasteiger partial charge is 0.164 e. The van der Waals surface area contributed by atoms with E-state index >= 15 is 0 Å². The van der Waals surface area contributed by atoms with Gasteiger partial charge in [-0.15, -0.1) is 0 Å². The largest absolute Gasteiger partial charge is 0.294 e. The van der Waals surface area contributed by atoms with Crippen molar-refractivity contribution in [3.8, 4) is 0 Å². The van der Waals surface area contributed by atoms with Crippen molar-refractivity contribution < 1.29 is 4.79 Å². The lowest BCUT2D eigenvalue weighted by Gasteiger charge is -2.05. The zero-order valence-corrected chi connectivity index (χ0v) is 8.92. The molecule has 2 heteroatoms. The molecule has 0 saturated heterocycles. The van der Waals surface area contributed by atoms with Crippen LogP contribution in [0.15, 0.2) is 18.5 Å². The molecule has 0 bridgehead atoms. The van der Waals surface area contributed by atoms with Crippen LogP contribution in [-0.4, -0.2) is 10.8 Å². The summed E-state index contributed by atoms with van der Waals surface area (Å²) in [7, 11) is 0. The summed E-state index contributed by atoms with van der Waals surface area (Å²) in [6.45, 7) is 4.14. The van der Waals surface area contributed by atoms with E-state index in [0.29, 0.717) is 6.42 Å². The summed E-state index contributed by atoms with van der Waals surface area (Å²) in [5.41, 5.74) is 1.96. The van der Waals surface area contributed by atoms with Gasteiger partial charge in [-0.2, -0.15) is 0 Å². The van der Waals surface area contributed by atoms with E-state index in [2.05, 4.69) is 11.9 Å². The number of ketones is 1. The Morgan fingerprint density at radius 2 is 2.14 bits per heavy atom. The Bertz CT molecular complexity index is 307. The fourth-order valence-electron chi connectivity index (χ4n) is 1.52. The van der Waals surface area contributed by atoms with Crippen LogP contribution in [0.1, 0.15) is 49.0 Å². The van der Waals surface area contributed by atoms with Crippen molar-refractivity contribution in [2.45, 2.75) is 39.5 Å². The number of hydrogen-bond donors (Lipinski definition) is 0. The normalized spacial score (nSPS) is 10.1. The van der Waals surface area contributed by atoms with E-state index in [0.717, 1.165) is 30.4 Å². The molecule has 1 rings (SSSR count). The Labute approximate surface area is 85.4 Å². The van der Waals surface area contributed by atoms with E-state index in [4.69, 9.17) is 0 Å². The van der Waals surface area contributed by atoms with Crippen molar-refractivity contribution in [2.24, 2.45) is 0 Å². The van der Waals surface area contributed by atoms with Gasteiger partial charge >= 0.3 is 0 Å². The maximum absolute atomic E-state index is 11.7. The van der Waals surface area contributed by atoms with Crippen LogP contribution in [-0.2, 0) is 6.42 Å². The number of Topliss-reactive ketones (excluding diaryl/α,β-unsaturated/α-hetero) is 1. The molecule has 0 unspecified atom stereocenters. The van der Waals surface area contributed by atoms with E-state index in [1.165, 1.54) is 0 Å². The second-order valence-corrected chi connectivity index (χ2v) is 3.46. The predicted octanol–water partition coefficient (Wildman–Crippen LogP) is 3.02. The zero-order chi connectivity index (χ0) is 10.4. The molecule has 0 aliphatic heterocycles. The number of hydrogen-bond acceptors (Lipinski definition) is 2. The maximum Gasteiger partial charge on any atom is 0.164 e. The van der Waals surface area contributed by atoms with Gasteiger partial charge < -0.3 is 0 Å². The van der Waals surface area contributed by atoms with Gasteiger partial charge in [0.05, 0.1) is 0 Å². The first-order valence-corrected chi connectivity index (χ1v) is 5.25. The van der Waals surface area contributed by atoms with E-state index in [1.54, 1.807) is 12.4 Å². The van der Waals surface area contributed by atoms with E-state index < -0.39 is 0 Å². The minimum atomic E-state index is 0.226. The molecular formula is C12H17NO. The Hall–Kier alpha value is -1.18. The van der Waals surface area contributed by atoms with Gasteiger partial charge in [0.2, 0.25) is 0 Å². The third-order valence-electron chi connectivity index (χ3n) is 2.21. The second-order valence-electron chi connectivity index (χ2n) is 3.46. The maximum atomic E-state index is 11.7. The highest BCUT2D eigenvalue weighted by Crippen LogP contribution is 2.12. The average molecular weight is 191 g/mol. The van der Waals surface area contributed by atoms with Crippen LogP contribution in [0.3, 0.4) is 0 Å². The third-order valence-corrected chi connectivity index (χ3v) is 2.21. The van der Waals surface area contributed by atoms with Crippen molar-refractivity contribution in [2.75, 3.05) is 0 Å². The Kier molecular flexibility index (Phi) is 4.30. The Morgan fingerprint density at radius 3 is 2.79 bits per heavy atom. The first-order chi connectivity index (χ1) is 6.79. The molecule has 2 nitrogen and oxygen atoms in total. The van der Waals surface area contributed by atoms with Crippen molar-refractivity contribution in [1.82, 2.24) is 4.98 Å². The van der Waals surface area contributed by atoms with Crippen LogP contribution in [0.4, 0.5) is 0 Å². The van der Waals surface area contributed by atoms with Crippen LogP contribution >= 0.6 is 0 Å². The Morgan fingerprint density at radius 1 is 1.36 bits per heavy atom. The molecule has 76 valence electrons. The minimum absolute atomic E-state index is 0.226. The van der Waals surface area contributed by atoms with Gasteiger partial charge in [-0.05, 0) is 24.5 Å². The molecule has 0 N–H and O–H groups in total. The number of aryl methyl sites for hydroxylation is 1. The third kappa shape index (κ3) is 2.66. The van der Waals surface area contributed by atoms with Crippen molar-refractivity contribution in [3.63, 3.8) is 0 Å². The molecule has 0 fully saturated rings. The predicted molar refractivity (Wildman–Crippen MR) is 57.5 cm³/mol. The van der Waals surface area contributed by atoms with Crippen LogP contribution in [0.25, 0.3) is 0 Å². The number of rotatable bonds is 5. The number of carbonyl (C=O) groups excluding carboxylic acids is 1. The first kappa shape index (κ1) is 10.9. The van der Waals surface area contributed by atoms with Gasteiger partial charge in [-0.3, -0.25) is 9.78 Å². The monoisotopic (exact) mass is 191 g/mol. The summed E-state index contributed by atoms with van der Waals surface area (Å²) < 4.78 is 0. The SMILES string of the molecule is CCCC(=O)c1cnccc1CCC. The van der Waals surface area contributed by atoms with Crippen molar-refractivity contribution >= 4 is 5.78 Å². The summed E-state index contributed by atoms with van der Waals surface area (Å²) >= 11 is 0. The molecule has 14 heavy (non-hydrogen) atoms. The van der Waals surface area contributed by atoms with Crippen molar-refractivity contribution in [3.05, 3.63) is 29.6 Å². The number of carbonyl (C=O) groups is 1. The zero-order valence-electron chi connectivity index (χ0n) is 8.92. The molecule has 0 saturated carbocycles. The molecule has 0 amide bonds. The lowest BCUT2D eigenvalue weighted by Crippen LogP contribution is -2.03. The van der Waals surface area contributed by atoms with E-state index in [-0.39, 0.29) is 5.78 Å². The summed E-state index contributed by atoms with van der Waals surface area (Å²) in [5.74, 6) is 0.226. The summed E-state index contributed by atoms with van der Waals surface area (Å²) in [5, 5.41) is 0. The van der Waals surface area contributed by atoms with Gasteiger partial charge in [0.25, 0.3) is 0 Å². The fourth-order valence-corrected chi connectivity index (χ4v) is 1.52. The van der Waals surface area contributed by atoms with Crippen LogP contribution < -0.4 is 0 Å². The molecule has 0 aliphatic carbocycles. The summed E-state index contributed by atoms with van der Waals surface area (Å²) in [4.78, 5) is 15.7. The number of nitrogens with zero attached hydrogens (tertiary/aromatic N) is 1. The first-order valence-electron chi connectivity index (χ1n) is 5.25. The van der Waals surface area contributed by atoms with Gasteiger partial charge in [-0.1, -0.05) is 20.3 Å². The van der Waals surface area contributed by atoms with Crippen molar-refractivity contribution in [1.29, 1.82) is 0 Å². The molecule has 0 aliphatic rings. The van der Waals surface area contributed by atoms with Gasteiger partial charge in [0.1, 0.15) is 0 Å². The average Bonchev–Trinajstić information content (AvgIpc) is 2.19. The molecule has 0 radical (unpaired) electrons. The van der Waals surface area contributed by atoms with Gasteiger partial charge in [0, 0.05) is 24.4 Å². The lowest BCUT2D eigenvalue weighted by molar-refractivity contribution is 0.0980. The molecule has 1 aromatic rings. The highest BCUT2D eigenvalue weighted by molar-refractivity contribution is 5.97. The standard InChI is InChI=1S/C12H17NO/c1-3-5-10-7-8-13-9-11(10)12(14)6-4-2/h7-9H,3-6H2,1-2H3. The summed E-state index contributed by atoms with van der Waals surface area (Å²) in [6, 6.07) is 1.95. The van der Waals surface area contributed by atoms with Crippen LogP contribution in [0.2, 0.25) is 0 Å². The molecule has 0 spiro atoms. The molecule has 0 atom stereocenters.